The average molecular weight is 246 g/mol. The zero-order valence-corrected chi connectivity index (χ0v) is 10.5. The van der Waals surface area contributed by atoms with Crippen LogP contribution in [0.3, 0.4) is 0 Å². The van der Waals surface area contributed by atoms with Crippen LogP contribution >= 0.6 is 11.6 Å². The zero-order valence-electron chi connectivity index (χ0n) is 9.72. The van der Waals surface area contributed by atoms with E-state index in [9.17, 15) is 4.39 Å². The van der Waals surface area contributed by atoms with Gasteiger partial charge in [-0.2, -0.15) is 0 Å². The van der Waals surface area contributed by atoms with E-state index in [4.69, 9.17) is 17.3 Å². The molecule has 0 saturated heterocycles. The molecule has 0 fully saturated rings. The molecule has 0 saturated carbocycles. The predicted octanol–water partition coefficient (Wildman–Crippen LogP) is 2.42. The van der Waals surface area contributed by atoms with E-state index in [0.717, 1.165) is 6.54 Å². The first kappa shape index (κ1) is 13.1. The van der Waals surface area contributed by atoms with Crippen LogP contribution in [-0.2, 0) is 0 Å². The van der Waals surface area contributed by atoms with Gasteiger partial charge in [0.25, 0.3) is 0 Å². The van der Waals surface area contributed by atoms with Crippen molar-refractivity contribution in [2.24, 2.45) is 0 Å². The monoisotopic (exact) mass is 245 g/mol. The minimum atomic E-state index is -0.463. The third kappa shape index (κ3) is 3.54. The molecular formula is C11H17ClFN3. The maximum Gasteiger partial charge on any atom is 0.143 e. The lowest BCUT2D eigenvalue weighted by Crippen LogP contribution is -2.29. The molecule has 1 atom stereocenters. The molecule has 1 rings (SSSR count). The third-order valence-electron chi connectivity index (χ3n) is 2.13. The Bertz CT molecular complexity index is 368. The van der Waals surface area contributed by atoms with Crippen LogP contribution in [0.2, 0.25) is 5.02 Å². The Hall–Kier alpha value is -1.00. The molecular weight excluding hydrogens is 229 g/mol. The van der Waals surface area contributed by atoms with Crippen molar-refractivity contribution in [2.45, 2.75) is 13.0 Å². The smallest absolute Gasteiger partial charge is 0.143 e. The molecule has 16 heavy (non-hydrogen) atoms. The second-order valence-corrected chi connectivity index (χ2v) is 4.57. The van der Waals surface area contributed by atoms with E-state index in [1.165, 1.54) is 12.1 Å². The summed E-state index contributed by atoms with van der Waals surface area (Å²) in [4.78, 5) is 2.04. The van der Waals surface area contributed by atoms with E-state index in [1.54, 1.807) is 0 Å². The highest BCUT2D eigenvalue weighted by atomic mass is 35.5. The summed E-state index contributed by atoms with van der Waals surface area (Å²) in [5, 5.41) is 3.19. The van der Waals surface area contributed by atoms with Gasteiger partial charge in [0.05, 0.1) is 16.4 Å². The number of likely N-dealkylation sites (N-methyl/N-ethyl adjacent to an activating group) is 1. The Balaban J connectivity index is 2.77. The standard InChI is InChI=1S/C11H17ClFN3/c1-7(6-16(2)3)15-11-5-9(13)8(12)4-10(11)14/h4-5,7,15H,6,14H2,1-3H3. The number of rotatable bonds is 4. The highest BCUT2D eigenvalue weighted by Gasteiger charge is 2.09. The number of anilines is 2. The number of hydrogen-bond acceptors (Lipinski definition) is 3. The molecule has 1 aromatic rings. The van der Waals surface area contributed by atoms with Gasteiger partial charge in [-0.15, -0.1) is 0 Å². The molecule has 90 valence electrons. The summed E-state index contributed by atoms with van der Waals surface area (Å²) in [5.41, 5.74) is 6.78. The van der Waals surface area contributed by atoms with Crippen LogP contribution < -0.4 is 11.1 Å². The van der Waals surface area contributed by atoms with E-state index in [2.05, 4.69) is 5.32 Å². The molecule has 0 aliphatic rings. The Morgan fingerprint density at radius 1 is 1.50 bits per heavy atom. The largest absolute Gasteiger partial charge is 0.397 e. The van der Waals surface area contributed by atoms with Crippen LogP contribution in [0.15, 0.2) is 12.1 Å². The summed E-state index contributed by atoms with van der Waals surface area (Å²) in [5.74, 6) is -0.463. The number of nitrogens with two attached hydrogens (primary N) is 1. The lowest BCUT2D eigenvalue weighted by atomic mass is 10.2. The van der Waals surface area contributed by atoms with Crippen molar-refractivity contribution in [2.75, 3.05) is 31.7 Å². The molecule has 0 aromatic heterocycles. The third-order valence-corrected chi connectivity index (χ3v) is 2.42. The van der Waals surface area contributed by atoms with Gasteiger partial charge in [0.1, 0.15) is 5.82 Å². The summed E-state index contributed by atoms with van der Waals surface area (Å²) in [7, 11) is 3.95. The molecule has 5 heteroatoms. The molecule has 0 aliphatic carbocycles. The Labute approximate surface area is 100 Å². The predicted molar refractivity (Wildman–Crippen MR) is 67.5 cm³/mol. The van der Waals surface area contributed by atoms with Gasteiger partial charge in [-0.3, -0.25) is 0 Å². The number of hydrogen-bond donors (Lipinski definition) is 2. The summed E-state index contributed by atoms with van der Waals surface area (Å²) in [6, 6.07) is 2.92. The molecule has 0 radical (unpaired) electrons. The first-order chi connectivity index (χ1) is 7.40. The van der Waals surface area contributed by atoms with Crippen molar-refractivity contribution in [1.82, 2.24) is 4.90 Å². The SMILES string of the molecule is CC(CN(C)C)Nc1cc(F)c(Cl)cc1N. The first-order valence-electron chi connectivity index (χ1n) is 5.06. The van der Waals surface area contributed by atoms with Gasteiger partial charge in [0.15, 0.2) is 0 Å². The molecule has 1 unspecified atom stereocenters. The van der Waals surface area contributed by atoms with Gasteiger partial charge in [0, 0.05) is 18.7 Å². The molecule has 3 N–H and O–H groups in total. The normalized spacial score (nSPS) is 12.9. The average Bonchev–Trinajstić information content (AvgIpc) is 2.12. The minimum absolute atomic E-state index is 0.0447. The lowest BCUT2D eigenvalue weighted by molar-refractivity contribution is 0.392. The molecule has 1 aromatic carbocycles. The fourth-order valence-corrected chi connectivity index (χ4v) is 1.72. The van der Waals surface area contributed by atoms with E-state index in [1.807, 2.05) is 25.9 Å². The van der Waals surface area contributed by atoms with E-state index in [0.29, 0.717) is 11.4 Å². The lowest BCUT2D eigenvalue weighted by Gasteiger charge is -2.20. The van der Waals surface area contributed by atoms with Crippen molar-refractivity contribution in [1.29, 1.82) is 0 Å². The van der Waals surface area contributed by atoms with Crippen molar-refractivity contribution in [3.63, 3.8) is 0 Å². The van der Waals surface area contributed by atoms with E-state index < -0.39 is 5.82 Å². The first-order valence-corrected chi connectivity index (χ1v) is 5.43. The van der Waals surface area contributed by atoms with Crippen LogP contribution in [0.1, 0.15) is 6.92 Å². The topological polar surface area (TPSA) is 41.3 Å². The van der Waals surface area contributed by atoms with Gasteiger partial charge in [-0.1, -0.05) is 11.6 Å². The Kier molecular flexibility index (Phi) is 4.38. The molecule has 0 amide bonds. The van der Waals surface area contributed by atoms with Crippen molar-refractivity contribution in [3.8, 4) is 0 Å². The minimum Gasteiger partial charge on any atom is -0.397 e. The summed E-state index contributed by atoms with van der Waals surface area (Å²) in [6.45, 7) is 2.84. The fourth-order valence-electron chi connectivity index (χ4n) is 1.55. The van der Waals surface area contributed by atoms with Crippen molar-refractivity contribution < 1.29 is 4.39 Å². The van der Waals surface area contributed by atoms with Crippen LogP contribution in [0.25, 0.3) is 0 Å². The number of benzene rings is 1. The van der Waals surface area contributed by atoms with Gasteiger partial charge < -0.3 is 16.0 Å². The number of nitrogen functional groups attached to an aromatic ring is 1. The van der Waals surface area contributed by atoms with Crippen molar-refractivity contribution >= 4 is 23.0 Å². The molecule has 0 heterocycles. The summed E-state index contributed by atoms with van der Waals surface area (Å²) >= 11 is 5.62. The van der Waals surface area contributed by atoms with E-state index >= 15 is 0 Å². The van der Waals surface area contributed by atoms with Gasteiger partial charge in [0.2, 0.25) is 0 Å². The second kappa shape index (κ2) is 5.37. The van der Waals surface area contributed by atoms with Crippen LogP contribution in [-0.4, -0.2) is 31.6 Å². The van der Waals surface area contributed by atoms with Crippen molar-refractivity contribution in [3.05, 3.63) is 23.0 Å². The van der Waals surface area contributed by atoms with E-state index in [-0.39, 0.29) is 11.1 Å². The highest BCUT2D eigenvalue weighted by molar-refractivity contribution is 6.31. The number of halogens is 2. The maximum absolute atomic E-state index is 13.2. The summed E-state index contributed by atoms with van der Waals surface area (Å²) in [6.07, 6.45) is 0. The fraction of sp³-hybridized carbons (Fsp3) is 0.455. The van der Waals surface area contributed by atoms with Crippen LogP contribution in [0.4, 0.5) is 15.8 Å². The summed E-state index contributed by atoms with van der Waals surface area (Å²) < 4.78 is 13.2. The number of nitrogens with one attached hydrogen (secondary N) is 1. The van der Waals surface area contributed by atoms with Gasteiger partial charge in [-0.25, -0.2) is 4.39 Å². The molecule has 3 nitrogen and oxygen atoms in total. The number of nitrogens with zero attached hydrogens (tertiary/aromatic N) is 1. The Morgan fingerprint density at radius 3 is 2.69 bits per heavy atom. The van der Waals surface area contributed by atoms with Crippen LogP contribution in [0, 0.1) is 5.82 Å². The zero-order chi connectivity index (χ0) is 12.3. The Morgan fingerprint density at radius 2 is 2.12 bits per heavy atom. The second-order valence-electron chi connectivity index (χ2n) is 4.16. The quantitative estimate of drug-likeness (QED) is 0.801. The molecule has 0 aliphatic heterocycles. The highest BCUT2D eigenvalue weighted by Crippen LogP contribution is 2.26. The maximum atomic E-state index is 13.2. The van der Waals surface area contributed by atoms with Crippen LogP contribution in [0.5, 0.6) is 0 Å². The molecule has 0 bridgehead atoms. The van der Waals surface area contributed by atoms with Gasteiger partial charge >= 0.3 is 0 Å². The van der Waals surface area contributed by atoms with Gasteiger partial charge in [-0.05, 0) is 27.1 Å². The molecule has 0 spiro atoms.